The number of methoxy groups -OCH3 is 1. The molecule has 2 aromatic rings. The van der Waals surface area contributed by atoms with E-state index in [1.54, 1.807) is 14.0 Å². The molecule has 0 aliphatic carbocycles. The highest BCUT2D eigenvalue weighted by atomic mass is 35.5. The number of aromatic hydroxyl groups is 1. The van der Waals surface area contributed by atoms with Crippen LogP contribution in [-0.4, -0.2) is 23.9 Å². The topological polar surface area (TPSA) is 46.5 Å². The Morgan fingerprint density at radius 3 is 2.42 bits per heavy atom. The second-order valence-corrected chi connectivity index (χ2v) is 6.07. The number of carbonyl (C=O) groups is 1. The Morgan fingerprint density at radius 2 is 1.88 bits per heavy atom. The van der Waals surface area contributed by atoms with Crippen molar-refractivity contribution < 1.29 is 14.6 Å². The predicted octanol–water partition coefficient (Wildman–Crippen LogP) is 4.89. The number of alkyl halides is 1. The van der Waals surface area contributed by atoms with Crippen molar-refractivity contribution >= 4 is 17.4 Å². The van der Waals surface area contributed by atoms with Crippen molar-refractivity contribution in [3.63, 3.8) is 0 Å². The van der Waals surface area contributed by atoms with Crippen molar-refractivity contribution in [3.8, 4) is 16.9 Å². The van der Waals surface area contributed by atoms with Crippen LogP contribution in [0.1, 0.15) is 40.4 Å². The SMILES string of the molecule is CCC(=O)c1c(O)c(C)c(COC)c(CCCl)c1-c1ccccc1. The van der Waals surface area contributed by atoms with Crippen molar-refractivity contribution in [2.24, 2.45) is 0 Å². The minimum atomic E-state index is -0.0748. The molecule has 0 aliphatic heterocycles. The summed E-state index contributed by atoms with van der Waals surface area (Å²) >= 11 is 6.04. The molecule has 0 heterocycles. The number of ether oxygens (including phenoxy) is 1. The van der Waals surface area contributed by atoms with Gasteiger partial charge in [-0.15, -0.1) is 11.6 Å². The fraction of sp³-hybridized carbons (Fsp3) is 0.350. The maximum atomic E-state index is 12.6. The van der Waals surface area contributed by atoms with Gasteiger partial charge >= 0.3 is 0 Å². The summed E-state index contributed by atoms with van der Waals surface area (Å²) in [5.74, 6) is 0.404. The standard InChI is InChI=1S/C20H23ClO3/c1-4-17(22)19-18(14-8-6-5-7-9-14)15(10-11-21)16(12-24-3)13(2)20(19)23/h5-9,23H,4,10-12H2,1-3H3. The van der Waals surface area contributed by atoms with E-state index in [0.29, 0.717) is 36.5 Å². The van der Waals surface area contributed by atoms with Gasteiger partial charge < -0.3 is 9.84 Å². The molecule has 2 aromatic carbocycles. The molecule has 0 saturated heterocycles. The Balaban J connectivity index is 2.91. The van der Waals surface area contributed by atoms with Gasteiger partial charge in [-0.2, -0.15) is 0 Å². The molecular weight excluding hydrogens is 324 g/mol. The van der Waals surface area contributed by atoms with Crippen LogP contribution in [-0.2, 0) is 17.8 Å². The zero-order chi connectivity index (χ0) is 17.7. The Labute approximate surface area is 148 Å². The lowest BCUT2D eigenvalue weighted by Gasteiger charge is -2.22. The first-order valence-corrected chi connectivity index (χ1v) is 8.60. The average molecular weight is 347 g/mol. The minimum Gasteiger partial charge on any atom is -0.507 e. The second kappa shape index (κ2) is 8.32. The molecule has 0 saturated carbocycles. The van der Waals surface area contributed by atoms with E-state index in [1.807, 2.05) is 37.3 Å². The lowest BCUT2D eigenvalue weighted by molar-refractivity contribution is 0.0986. The van der Waals surface area contributed by atoms with Crippen molar-refractivity contribution in [1.82, 2.24) is 0 Å². The van der Waals surface area contributed by atoms with Crippen LogP contribution in [0.3, 0.4) is 0 Å². The third-order valence-electron chi connectivity index (χ3n) is 4.26. The van der Waals surface area contributed by atoms with Crippen LogP contribution in [0, 0.1) is 6.92 Å². The molecule has 2 rings (SSSR count). The summed E-state index contributed by atoms with van der Waals surface area (Å²) in [4.78, 5) is 12.6. The summed E-state index contributed by atoms with van der Waals surface area (Å²) in [6.45, 7) is 3.99. The van der Waals surface area contributed by atoms with E-state index in [-0.39, 0.29) is 11.5 Å². The summed E-state index contributed by atoms with van der Waals surface area (Å²) in [6.07, 6.45) is 0.937. The number of benzene rings is 2. The molecule has 0 unspecified atom stereocenters. The normalized spacial score (nSPS) is 10.8. The summed E-state index contributed by atoms with van der Waals surface area (Å²) in [6, 6.07) is 9.67. The van der Waals surface area contributed by atoms with Crippen molar-refractivity contribution in [3.05, 3.63) is 52.6 Å². The second-order valence-electron chi connectivity index (χ2n) is 5.70. The molecule has 0 bridgehead atoms. The van der Waals surface area contributed by atoms with Gasteiger partial charge in [-0.3, -0.25) is 4.79 Å². The maximum absolute atomic E-state index is 12.6. The Bertz CT molecular complexity index is 724. The molecule has 0 aliphatic rings. The van der Waals surface area contributed by atoms with Gasteiger partial charge in [0.05, 0.1) is 12.2 Å². The van der Waals surface area contributed by atoms with Crippen LogP contribution < -0.4 is 0 Å². The summed E-state index contributed by atoms with van der Waals surface area (Å²) in [7, 11) is 1.62. The van der Waals surface area contributed by atoms with Gasteiger partial charge in [0.1, 0.15) is 5.75 Å². The van der Waals surface area contributed by atoms with E-state index < -0.39 is 0 Å². The number of phenols is 1. The number of rotatable bonds is 7. The fourth-order valence-electron chi connectivity index (χ4n) is 3.06. The van der Waals surface area contributed by atoms with Crippen LogP contribution in [0.15, 0.2) is 30.3 Å². The monoisotopic (exact) mass is 346 g/mol. The molecule has 0 amide bonds. The molecule has 0 radical (unpaired) electrons. The van der Waals surface area contributed by atoms with Gasteiger partial charge in [-0.05, 0) is 41.2 Å². The van der Waals surface area contributed by atoms with Crippen LogP contribution in [0.2, 0.25) is 0 Å². The molecule has 1 N–H and O–H groups in total. The van der Waals surface area contributed by atoms with Gasteiger partial charge in [-0.25, -0.2) is 0 Å². The van der Waals surface area contributed by atoms with E-state index in [0.717, 1.165) is 22.3 Å². The Kier molecular flexibility index (Phi) is 6.41. The molecule has 3 nitrogen and oxygen atoms in total. The summed E-state index contributed by atoms with van der Waals surface area (Å²) < 4.78 is 5.33. The maximum Gasteiger partial charge on any atom is 0.166 e. The average Bonchev–Trinajstić information content (AvgIpc) is 2.61. The van der Waals surface area contributed by atoms with Crippen LogP contribution >= 0.6 is 11.6 Å². The number of hydrogen-bond acceptors (Lipinski definition) is 3. The van der Waals surface area contributed by atoms with E-state index in [2.05, 4.69) is 0 Å². The molecule has 4 heteroatoms. The molecule has 24 heavy (non-hydrogen) atoms. The Morgan fingerprint density at radius 1 is 1.21 bits per heavy atom. The quantitative estimate of drug-likeness (QED) is 0.573. The fourth-order valence-corrected chi connectivity index (χ4v) is 3.25. The zero-order valence-corrected chi connectivity index (χ0v) is 15.1. The van der Waals surface area contributed by atoms with E-state index in [9.17, 15) is 9.90 Å². The van der Waals surface area contributed by atoms with Crippen LogP contribution in [0.25, 0.3) is 11.1 Å². The Hall–Kier alpha value is -1.84. The number of phenolic OH excluding ortho intramolecular Hbond substituents is 1. The van der Waals surface area contributed by atoms with Crippen molar-refractivity contribution in [2.75, 3.05) is 13.0 Å². The molecule has 0 aromatic heterocycles. The smallest absolute Gasteiger partial charge is 0.166 e. The number of ketones is 1. The first-order chi connectivity index (χ1) is 11.6. The number of Topliss-reactive ketones (excluding diaryl/α,β-unsaturated/α-hetero) is 1. The highest BCUT2D eigenvalue weighted by Crippen LogP contribution is 2.40. The number of carbonyl (C=O) groups excluding carboxylic acids is 1. The molecule has 0 spiro atoms. The van der Waals surface area contributed by atoms with Crippen molar-refractivity contribution in [2.45, 2.75) is 33.3 Å². The first kappa shape index (κ1) is 18.5. The van der Waals surface area contributed by atoms with Gasteiger partial charge in [0, 0.05) is 19.4 Å². The summed E-state index contributed by atoms with van der Waals surface area (Å²) in [5, 5.41) is 10.7. The largest absolute Gasteiger partial charge is 0.507 e. The number of halogens is 1. The van der Waals surface area contributed by atoms with Crippen molar-refractivity contribution in [1.29, 1.82) is 0 Å². The van der Waals surface area contributed by atoms with Gasteiger partial charge in [-0.1, -0.05) is 37.3 Å². The van der Waals surface area contributed by atoms with Crippen LogP contribution in [0.5, 0.6) is 5.75 Å². The van der Waals surface area contributed by atoms with Gasteiger partial charge in [0.15, 0.2) is 5.78 Å². The molecule has 0 fully saturated rings. The minimum absolute atomic E-state index is 0.0473. The van der Waals surface area contributed by atoms with E-state index in [1.165, 1.54) is 0 Å². The first-order valence-electron chi connectivity index (χ1n) is 8.07. The lowest BCUT2D eigenvalue weighted by atomic mass is 9.84. The van der Waals surface area contributed by atoms with Gasteiger partial charge in [0.25, 0.3) is 0 Å². The molecule has 0 atom stereocenters. The van der Waals surface area contributed by atoms with Crippen LogP contribution in [0.4, 0.5) is 0 Å². The van der Waals surface area contributed by atoms with Gasteiger partial charge in [0.2, 0.25) is 0 Å². The number of hydrogen-bond donors (Lipinski definition) is 1. The predicted molar refractivity (Wildman–Crippen MR) is 98.0 cm³/mol. The zero-order valence-electron chi connectivity index (χ0n) is 14.4. The molecular formula is C20H23ClO3. The lowest BCUT2D eigenvalue weighted by Crippen LogP contribution is -2.10. The van der Waals surface area contributed by atoms with E-state index >= 15 is 0 Å². The summed E-state index contributed by atoms with van der Waals surface area (Å²) in [5.41, 5.74) is 4.64. The highest BCUT2D eigenvalue weighted by molar-refractivity contribution is 6.18. The molecule has 128 valence electrons. The third-order valence-corrected chi connectivity index (χ3v) is 4.45. The third kappa shape index (κ3) is 3.47. The highest BCUT2D eigenvalue weighted by Gasteiger charge is 2.25. The van der Waals surface area contributed by atoms with E-state index in [4.69, 9.17) is 16.3 Å².